The Bertz CT molecular complexity index is 2130. The van der Waals surface area contributed by atoms with Gasteiger partial charge in [-0.3, -0.25) is 9.59 Å². The summed E-state index contributed by atoms with van der Waals surface area (Å²) in [5.41, 5.74) is 0. The standard InChI is InChI=1S/C86H143NO8/c1-6-8-10-12-14-16-18-20-22-24-26-28-30-32-34-36-38-39-40-41-42-43-44-45-47-49-51-53-55-57-59-61-63-65-67-69-71-73-75-77-84(89)95-82(81-94-86(85(90)91)92-79-78-87(3,4)5)80-93-83(88)76-74-72-70-68-66-64-62-60-58-56-54-52-50-48-46-37-35-33-31-29-27-25-23-21-19-17-15-13-11-9-7-2/h8-11,14-17,20-23,26-29,32-35,38-39,41-42,44-45,82,86H,6-7,12-13,18-19,24-25,30-31,36-37,40,43,46-81H2,1-5H3/p+1/b10-8-,11-9-,16-14-,17-15-,22-20-,23-21-,28-26-,29-27-,34-32-,35-33-,39-38-,42-41-,45-44-. The first-order valence-electron chi connectivity index (χ1n) is 38.6. The Kier molecular flexibility index (Phi) is 70.7. The van der Waals surface area contributed by atoms with Crippen LogP contribution < -0.4 is 0 Å². The van der Waals surface area contributed by atoms with Crippen molar-refractivity contribution in [1.29, 1.82) is 0 Å². The molecular weight excluding hydrogens is 1170 g/mol. The lowest BCUT2D eigenvalue weighted by Gasteiger charge is -2.25. The SMILES string of the molecule is CC/C=C\C/C=C\C/C=C\C/C=C\C/C=C\C/C=C\C/C=C\C/C=C\CCCCCCCCCCCCCCCCC(=O)OC(COC(=O)CCCCCCCCCCCCCCCCC/C=C\C/C=C\C/C=C\C/C=C\C/C=C\CC)COC(OCC[N+](C)(C)C)C(=O)O. The number of carboxylic acid groups (broad SMARTS) is 1. The first-order chi connectivity index (χ1) is 46.6. The van der Waals surface area contributed by atoms with Crippen LogP contribution in [-0.2, 0) is 33.3 Å². The van der Waals surface area contributed by atoms with Crippen molar-refractivity contribution in [2.75, 3.05) is 47.5 Å². The highest BCUT2D eigenvalue weighted by Crippen LogP contribution is 2.18. The zero-order valence-corrected chi connectivity index (χ0v) is 61.8. The van der Waals surface area contributed by atoms with E-state index in [0.29, 0.717) is 23.9 Å². The number of likely N-dealkylation sites (N-methyl/N-ethyl adjacent to an activating group) is 1. The highest BCUT2D eigenvalue weighted by molar-refractivity contribution is 5.71. The monoisotopic (exact) mass is 1320 g/mol. The van der Waals surface area contributed by atoms with Crippen molar-refractivity contribution in [3.05, 3.63) is 158 Å². The number of rotatable bonds is 70. The fourth-order valence-electron chi connectivity index (χ4n) is 10.5. The second-order valence-corrected chi connectivity index (χ2v) is 26.6. The second-order valence-electron chi connectivity index (χ2n) is 26.6. The van der Waals surface area contributed by atoms with Gasteiger partial charge in [-0.05, 0) is 122 Å². The lowest BCUT2D eigenvalue weighted by Crippen LogP contribution is -2.40. The molecule has 0 aromatic rings. The Labute approximate surface area is 584 Å². The van der Waals surface area contributed by atoms with Gasteiger partial charge in [-0.1, -0.05) is 332 Å². The lowest BCUT2D eigenvalue weighted by molar-refractivity contribution is -0.870. The van der Waals surface area contributed by atoms with E-state index in [4.69, 9.17) is 18.9 Å². The average molecular weight is 1320 g/mol. The van der Waals surface area contributed by atoms with Crippen molar-refractivity contribution in [1.82, 2.24) is 0 Å². The van der Waals surface area contributed by atoms with E-state index in [9.17, 15) is 19.5 Å². The van der Waals surface area contributed by atoms with Crippen molar-refractivity contribution in [3.8, 4) is 0 Å². The number of quaternary nitrogens is 1. The van der Waals surface area contributed by atoms with Gasteiger partial charge < -0.3 is 28.5 Å². The maximum Gasteiger partial charge on any atom is 0.361 e. The van der Waals surface area contributed by atoms with Gasteiger partial charge in [-0.25, -0.2) is 4.79 Å². The second kappa shape index (κ2) is 74.7. The third-order valence-corrected chi connectivity index (χ3v) is 16.3. The number of hydrogen-bond donors (Lipinski definition) is 1. The van der Waals surface area contributed by atoms with Gasteiger partial charge in [0.1, 0.15) is 13.2 Å². The summed E-state index contributed by atoms with van der Waals surface area (Å²) >= 11 is 0. The van der Waals surface area contributed by atoms with Gasteiger partial charge in [-0.2, -0.15) is 0 Å². The molecule has 540 valence electrons. The molecule has 0 aromatic heterocycles. The quantitative estimate of drug-likeness (QED) is 0.0211. The summed E-state index contributed by atoms with van der Waals surface area (Å²) in [6, 6.07) is 0. The normalized spacial score (nSPS) is 13.6. The molecule has 9 heteroatoms. The first kappa shape index (κ1) is 89.9. The van der Waals surface area contributed by atoms with E-state index in [2.05, 4.69) is 172 Å². The number of carbonyl (C=O) groups excluding carboxylic acids is 2. The molecule has 0 radical (unpaired) electrons. The molecule has 0 amide bonds. The molecule has 0 aliphatic carbocycles. The number of hydrogen-bond acceptors (Lipinski definition) is 7. The fourth-order valence-corrected chi connectivity index (χ4v) is 10.5. The third-order valence-electron chi connectivity index (χ3n) is 16.3. The zero-order chi connectivity index (χ0) is 69.0. The van der Waals surface area contributed by atoms with Crippen LogP contribution in [0, 0.1) is 0 Å². The van der Waals surface area contributed by atoms with E-state index >= 15 is 0 Å². The first-order valence-corrected chi connectivity index (χ1v) is 38.6. The largest absolute Gasteiger partial charge is 0.477 e. The molecule has 1 N–H and O–H groups in total. The number of ether oxygens (including phenoxy) is 4. The molecule has 95 heavy (non-hydrogen) atoms. The molecule has 0 aliphatic heterocycles. The van der Waals surface area contributed by atoms with Gasteiger partial charge in [0, 0.05) is 12.8 Å². The van der Waals surface area contributed by atoms with E-state index in [1.165, 1.54) is 154 Å². The van der Waals surface area contributed by atoms with Crippen LogP contribution in [0.2, 0.25) is 0 Å². The van der Waals surface area contributed by atoms with Gasteiger partial charge in [0.25, 0.3) is 6.29 Å². The van der Waals surface area contributed by atoms with Crippen LogP contribution in [-0.4, -0.2) is 87.4 Å². The van der Waals surface area contributed by atoms with E-state index in [1.54, 1.807) is 0 Å². The van der Waals surface area contributed by atoms with E-state index in [-0.39, 0.29) is 32.2 Å². The van der Waals surface area contributed by atoms with Gasteiger partial charge in [0.15, 0.2) is 6.10 Å². The molecular formula is C86H144NO8+. The molecule has 0 bridgehead atoms. The summed E-state index contributed by atoms with van der Waals surface area (Å²) in [5.74, 6) is -2.00. The molecule has 0 saturated heterocycles. The Morgan fingerprint density at radius 1 is 0.316 bits per heavy atom. The number of unbranched alkanes of at least 4 members (excludes halogenated alkanes) is 29. The number of aliphatic carboxylic acids is 1. The molecule has 9 nitrogen and oxygen atoms in total. The summed E-state index contributed by atoms with van der Waals surface area (Å²) < 4.78 is 23.0. The maximum atomic E-state index is 13.0. The van der Waals surface area contributed by atoms with Gasteiger partial charge in [0.2, 0.25) is 0 Å². The Hall–Kier alpha value is -5.09. The van der Waals surface area contributed by atoms with Crippen LogP contribution in [0.3, 0.4) is 0 Å². The van der Waals surface area contributed by atoms with Crippen LogP contribution in [0.5, 0.6) is 0 Å². The Balaban J connectivity index is 4.08. The summed E-state index contributed by atoms with van der Waals surface area (Å²) in [6.07, 6.45) is 108. The van der Waals surface area contributed by atoms with Crippen molar-refractivity contribution in [2.24, 2.45) is 0 Å². The summed E-state index contributed by atoms with van der Waals surface area (Å²) in [6.45, 7) is 4.66. The number of esters is 2. The van der Waals surface area contributed by atoms with Crippen LogP contribution >= 0.6 is 0 Å². The highest BCUT2D eigenvalue weighted by Gasteiger charge is 2.25. The molecule has 0 aliphatic rings. The maximum absolute atomic E-state index is 13.0. The summed E-state index contributed by atoms with van der Waals surface area (Å²) in [4.78, 5) is 37.7. The molecule has 2 unspecified atom stereocenters. The predicted octanol–water partition coefficient (Wildman–Crippen LogP) is 24.8. The van der Waals surface area contributed by atoms with Crippen LogP contribution in [0.25, 0.3) is 0 Å². The summed E-state index contributed by atoms with van der Waals surface area (Å²) in [7, 11) is 5.98. The number of allylic oxidation sites excluding steroid dienone is 26. The predicted molar refractivity (Wildman–Crippen MR) is 410 cm³/mol. The minimum absolute atomic E-state index is 0.182. The Morgan fingerprint density at radius 2 is 0.568 bits per heavy atom. The molecule has 0 spiro atoms. The van der Waals surface area contributed by atoms with E-state index in [0.717, 1.165) is 122 Å². The summed E-state index contributed by atoms with van der Waals surface area (Å²) in [5, 5.41) is 9.77. The van der Waals surface area contributed by atoms with Crippen LogP contribution in [0.1, 0.15) is 309 Å². The molecule has 0 aromatic carbocycles. The number of nitrogens with zero attached hydrogens (tertiary/aromatic N) is 1. The van der Waals surface area contributed by atoms with Gasteiger partial charge in [0.05, 0.1) is 34.4 Å². The smallest absolute Gasteiger partial charge is 0.361 e. The van der Waals surface area contributed by atoms with Crippen molar-refractivity contribution >= 4 is 17.9 Å². The topological polar surface area (TPSA) is 108 Å². The highest BCUT2D eigenvalue weighted by atomic mass is 16.7. The molecule has 2 atom stereocenters. The fraction of sp³-hybridized carbons (Fsp3) is 0.663. The van der Waals surface area contributed by atoms with E-state index < -0.39 is 24.3 Å². The van der Waals surface area contributed by atoms with Crippen LogP contribution in [0.4, 0.5) is 0 Å². The van der Waals surface area contributed by atoms with Gasteiger partial charge in [-0.15, -0.1) is 0 Å². The Morgan fingerprint density at radius 3 is 0.842 bits per heavy atom. The molecule has 0 saturated carbocycles. The minimum Gasteiger partial charge on any atom is -0.477 e. The average Bonchev–Trinajstić information content (AvgIpc) is 2.92. The lowest BCUT2D eigenvalue weighted by atomic mass is 10.0. The van der Waals surface area contributed by atoms with Crippen molar-refractivity contribution in [2.45, 2.75) is 322 Å². The van der Waals surface area contributed by atoms with Crippen LogP contribution in [0.15, 0.2) is 158 Å². The van der Waals surface area contributed by atoms with Crippen molar-refractivity contribution in [3.63, 3.8) is 0 Å². The third kappa shape index (κ3) is 76.1. The number of carbonyl (C=O) groups is 3. The van der Waals surface area contributed by atoms with Gasteiger partial charge >= 0.3 is 17.9 Å². The zero-order valence-electron chi connectivity index (χ0n) is 61.8. The molecule has 0 heterocycles. The number of carboxylic acids is 1. The molecule has 0 fully saturated rings. The molecule has 0 rings (SSSR count). The van der Waals surface area contributed by atoms with Crippen molar-refractivity contribution < 1.29 is 42.9 Å². The minimum atomic E-state index is -1.52. The van der Waals surface area contributed by atoms with E-state index in [1.807, 2.05) is 21.1 Å².